The molecule has 1 aromatic heterocycles. The summed E-state index contributed by atoms with van der Waals surface area (Å²) in [6.07, 6.45) is 3.67. The van der Waals surface area contributed by atoms with Crippen LogP contribution in [0, 0.1) is 13.8 Å². The van der Waals surface area contributed by atoms with Crippen molar-refractivity contribution in [2.75, 3.05) is 26.2 Å². The topological polar surface area (TPSA) is 82.6 Å². The van der Waals surface area contributed by atoms with Crippen molar-refractivity contribution in [2.45, 2.75) is 51.9 Å². The lowest BCUT2D eigenvalue weighted by Crippen LogP contribution is -2.40. The van der Waals surface area contributed by atoms with Gasteiger partial charge in [-0.25, -0.2) is 4.79 Å². The molecule has 0 spiro atoms. The summed E-state index contributed by atoms with van der Waals surface area (Å²) < 4.78 is 0. The number of likely N-dealkylation sites (tertiary alicyclic amines) is 1. The molecule has 4 amide bonds. The van der Waals surface area contributed by atoms with Gasteiger partial charge in [0, 0.05) is 43.4 Å². The first-order valence-electron chi connectivity index (χ1n) is 11.8. The fourth-order valence-electron chi connectivity index (χ4n) is 4.81. The number of pyridine rings is 1. The summed E-state index contributed by atoms with van der Waals surface area (Å²) in [5, 5.41) is 2.51. The van der Waals surface area contributed by atoms with Gasteiger partial charge < -0.3 is 10.2 Å². The number of urea groups is 1. The van der Waals surface area contributed by atoms with Crippen LogP contribution in [0.15, 0.2) is 36.4 Å². The van der Waals surface area contributed by atoms with E-state index in [0.29, 0.717) is 19.4 Å². The first-order valence-corrected chi connectivity index (χ1v) is 11.8. The van der Waals surface area contributed by atoms with Crippen molar-refractivity contribution >= 4 is 17.8 Å². The second-order valence-corrected chi connectivity index (χ2v) is 9.19. The Balaban J connectivity index is 1.36. The molecular formula is C26H32N4O3. The van der Waals surface area contributed by atoms with Crippen molar-refractivity contribution in [3.63, 3.8) is 0 Å². The van der Waals surface area contributed by atoms with Crippen LogP contribution in [0.3, 0.4) is 0 Å². The highest BCUT2D eigenvalue weighted by molar-refractivity contribution is 6.01. The third kappa shape index (κ3) is 5.78. The molecule has 4 rings (SSSR count). The van der Waals surface area contributed by atoms with E-state index < -0.39 is 0 Å². The van der Waals surface area contributed by atoms with Crippen molar-refractivity contribution in [3.8, 4) is 0 Å². The average molecular weight is 449 g/mol. The number of hydrogen-bond donors (Lipinski definition) is 1. The average Bonchev–Trinajstić information content (AvgIpc) is 3.11. The number of carbonyl (C=O) groups excluding carboxylic acids is 3. The van der Waals surface area contributed by atoms with Gasteiger partial charge in [0.25, 0.3) is 0 Å². The molecule has 0 saturated carbocycles. The van der Waals surface area contributed by atoms with Gasteiger partial charge in [0.05, 0.1) is 6.54 Å². The van der Waals surface area contributed by atoms with Gasteiger partial charge in [0.15, 0.2) is 0 Å². The summed E-state index contributed by atoms with van der Waals surface area (Å²) in [4.78, 5) is 44.1. The van der Waals surface area contributed by atoms with Gasteiger partial charge in [0.2, 0.25) is 11.8 Å². The number of carbonyl (C=O) groups is 3. The van der Waals surface area contributed by atoms with Gasteiger partial charge in [-0.15, -0.1) is 0 Å². The number of nitrogens with one attached hydrogen (secondary N) is 1. The summed E-state index contributed by atoms with van der Waals surface area (Å²) in [6, 6.07) is 12.6. The number of benzene rings is 1. The molecule has 2 saturated heterocycles. The van der Waals surface area contributed by atoms with Gasteiger partial charge in [-0.1, -0.05) is 29.8 Å². The lowest BCUT2D eigenvalue weighted by molar-refractivity contribution is -0.133. The molecule has 0 unspecified atom stereocenters. The first-order chi connectivity index (χ1) is 15.9. The van der Waals surface area contributed by atoms with Gasteiger partial charge in [-0.3, -0.25) is 19.5 Å². The zero-order valence-corrected chi connectivity index (χ0v) is 19.5. The molecule has 174 valence electrons. The van der Waals surface area contributed by atoms with E-state index in [-0.39, 0.29) is 36.9 Å². The van der Waals surface area contributed by atoms with Crippen LogP contribution in [0.2, 0.25) is 0 Å². The second kappa shape index (κ2) is 10.1. The number of amides is 4. The zero-order valence-electron chi connectivity index (χ0n) is 19.5. The van der Waals surface area contributed by atoms with Gasteiger partial charge in [0.1, 0.15) is 0 Å². The van der Waals surface area contributed by atoms with Crippen LogP contribution in [-0.4, -0.2) is 58.8 Å². The van der Waals surface area contributed by atoms with Crippen molar-refractivity contribution in [1.82, 2.24) is 20.1 Å². The Morgan fingerprint density at radius 2 is 2.00 bits per heavy atom. The highest BCUT2D eigenvalue weighted by Gasteiger charge is 2.29. The summed E-state index contributed by atoms with van der Waals surface area (Å²) in [5.74, 6) is 0.0849. The maximum atomic E-state index is 12.8. The number of aryl methyl sites for hydroxylation is 2. The molecule has 2 aliphatic rings. The van der Waals surface area contributed by atoms with E-state index in [1.807, 2.05) is 11.8 Å². The minimum absolute atomic E-state index is 0.0515. The number of nitrogens with zero attached hydrogens (tertiary/aromatic N) is 3. The molecule has 2 aliphatic heterocycles. The lowest BCUT2D eigenvalue weighted by Gasteiger charge is -2.33. The van der Waals surface area contributed by atoms with Crippen LogP contribution in [0.1, 0.15) is 59.7 Å². The van der Waals surface area contributed by atoms with Crippen LogP contribution in [0.25, 0.3) is 0 Å². The van der Waals surface area contributed by atoms with Gasteiger partial charge in [-0.05, 0) is 62.8 Å². The SMILES string of the molecule is Cc1cccc(Cc2cc(C)nc([C@H]3CCCN(C(=O)CCCN4C(=O)CNC4=O)C3)c2)c1. The molecule has 0 bridgehead atoms. The van der Waals surface area contributed by atoms with Crippen molar-refractivity contribution in [1.29, 1.82) is 0 Å². The largest absolute Gasteiger partial charge is 0.342 e. The number of hydrogen-bond acceptors (Lipinski definition) is 4. The van der Waals surface area contributed by atoms with Crippen LogP contribution in [0.4, 0.5) is 4.79 Å². The van der Waals surface area contributed by atoms with E-state index in [4.69, 9.17) is 4.98 Å². The number of piperidine rings is 1. The molecule has 2 fully saturated rings. The molecule has 1 aromatic carbocycles. The van der Waals surface area contributed by atoms with Crippen LogP contribution in [0.5, 0.6) is 0 Å². The second-order valence-electron chi connectivity index (χ2n) is 9.19. The fourth-order valence-corrected chi connectivity index (χ4v) is 4.81. The fraction of sp³-hybridized carbons (Fsp3) is 0.462. The molecule has 33 heavy (non-hydrogen) atoms. The quantitative estimate of drug-likeness (QED) is 0.659. The summed E-state index contributed by atoms with van der Waals surface area (Å²) in [6.45, 7) is 5.90. The third-order valence-corrected chi connectivity index (χ3v) is 6.43. The zero-order chi connectivity index (χ0) is 23.4. The Bertz CT molecular complexity index is 1040. The molecular weight excluding hydrogens is 416 g/mol. The van der Waals surface area contributed by atoms with E-state index in [2.05, 4.69) is 48.6 Å². The highest BCUT2D eigenvalue weighted by atomic mass is 16.2. The molecule has 7 heteroatoms. The number of rotatable bonds is 7. The molecule has 0 radical (unpaired) electrons. The summed E-state index contributed by atoms with van der Waals surface area (Å²) >= 11 is 0. The monoisotopic (exact) mass is 448 g/mol. The van der Waals surface area contributed by atoms with Crippen molar-refractivity contribution in [2.24, 2.45) is 0 Å². The standard InChI is InChI=1S/C26H32N4O3/c1-18-6-3-7-20(12-18)14-21-13-19(2)28-23(15-21)22-8-4-10-29(17-22)24(31)9-5-11-30-25(32)16-27-26(30)33/h3,6-7,12-13,15,22H,4-5,8-11,14,16-17H2,1-2H3,(H,27,33)/t22-/m0/s1. The molecule has 7 nitrogen and oxygen atoms in total. The minimum atomic E-state index is -0.363. The molecule has 3 heterocycles. The predicted molar refractivity (Wildman–Crippen MR) is 126 cm³/mol. The first kappa shape index (κ1) is 23.0. The summed E-state index contributed by atoms with van der Waals surface area (Å²) in [5.41, 5.74) is 5.87. The van der Waals surface area contributed by atoms with Gasteiger partial charge in [-0.2, -0.15) is 0 Å². The van der Waals surface area contributed by atoms with E-state index in [1.165, 1.54) is 21.6 Å². The van der Waals surface area contributed by atoms with Crippen LogP contribution < -0.4 is 5.32 Å². The van der Waals surface area contributed by atoms with E-state index >= 15 is 0 Å². The molecule has 0 aliphatic carbocycles. The highest BCUT2D eigenvalue weighted by Crippen LogP contribution is 2.28. The number of aromatic nitrogens is 1. The maximum Gasteiger partial charge on any atom is 0.324 e. The predicted octanol–water partition coefficient (Wildman–Crippen LogP) is 3.33. The molecule has 1 N–H and O–H groups in total. The Morgan fingerprint density at radius 3 is 2.76 bits per heavy atom. The van der Waals surface area contributed by atoms with Gasteiger partial charge >= 0.3 is 6.03 Å². The molecule has 2 aromatic rings. The van der Waals surface area contributed by atoms with Crippen molar-refractivity contribution in [3.05, 3.63) is 64.5 Å². The lowest BCUT2D eigenvalue weighted by atomic mass is 9.92. The Morgan fingerprint density at radius 1 is 1.15 bits per heavy atom. The van der Waals surface area contributed by atoms with Crippen molar-refractivity contribution < 1.29 is 14.4 Å². The Kier molecular flexibility index (Phi) is 7.06. The summed E-state index contributed by atoms with van der Waals surface area (Å²) in [7, 11) is 0. The molecule has 1 atom stereocenters. The van der Waals surface area contributed by atoms with Crippen LogP contribution in [-0.2, 0) is 16.0 Å². The smallest absolute Gasteiger partial charge is 0.324 e. The Hall–Kier alpha value is -3.22. The van der Waals surface area contributed by atoms with E-state index in [0.717, 1.165) is 37.2 Å². The maximum absolute atomic E-state index is 12.8. The van der Waals surface area contributed by atoms with Crippen LogP contribution >= 0.6 is 0 Å². The normalized spacial score (nSPS) is 18.5. The third-order valence-electron chi connectivity index (χ3n) is 6.43. The minimum Gasteiger partial charge on any atom is -0.342 e. The number of imide groups is 1. The van der Waals surface area contributed by atoms with E-state index in [9.17, 15) is 14.4 Å². The Labute approximate surface area is 195 Å². The van der Waals surface area contributed by atoms with E-state index in [1.54, 1.807) is 0 Å².